The second kappa shape index (κ2) is 8.42. The normalized spacial score (nSPS) is 9.75. The molecule has 0 fully saturated rings. The van der Waals surface area contributed by atoms with Crippen molar-refractivity contribution in [1.29, 1.82) is 0 Å². The molecular weight excluding hydrogens is 312 g/mol. The van der Waals surface area contributed by atoms with Gasteiger partial charge >= 0.3 is 6.09 Å². The van der Waals surface area contributed by atoms with Crippen LogP contribution in [0.1, 0.15) is 0 Å². The highest BCUT2D eigenvalue weighted by Crippen LogP contribution is 2.28. The zero-order valence-electron chi connectivity index (χ0n) is 13.4. The number of carbonyl (C=O) groups excluding carboxylic acids is 2. The molecule has 0 aliphatic rings. The summed E-state index contributed by atoms with van der Waals surface area (Å²) in [4.78, 5) is 23.6. The standard InChI is InChI=1S/C17H18N2O5/c1-22-13-8-9-15(23-2)14(10-13)19-16(20)11-18-17(21)24-12-6-4-3-5-7-12/h3-10H,11H2,1-2H3,(H,18,21)(H,19,20). The topological polar surface area (TPSA) is 85.9 Å². The Labute approximate surface area is 139 Å². The second-order valence-corrected chi connectivity index (χ2v) is 4.67. The Morgan fingerprint density at radius 2 is 1.71 bits per heavy atom. The fourth-order valence-electron chi connectivity index (χ4n) is 1.89. The third kappa shape index (κ3) is 4.91. The number of amides is 2. The number of anilines is 1. The number of hydrogen-bond donors (Lipinski definition) is 2. The van der Waals surface area contributed by atoms with Crippen LogP contribution in [-0.2, 0) is 4.79 Å². The first-order valence-corrected chi connectivity index (χ1v) is 7.15. The molecule has 24 heavy (non-hydrogen) atoms. The molecule has 0 saturated carbocycles. The average Bonchev–Trinajstić information content (AvgIpc) is 2.60. The SMILES string of the molecule is COc1ccc(OC)c(NC(=O)CNC(=O)Oc2ccccc2)c1. The summed E-state index contributed by atoms with van der Waals surface area (Å²) in [5.74, 6) is 1.02. The first-order chi connectivity index (χ1) is 11.6. The van der Waals surface area contributed by atoms with Crippen LogP contribution < -0.4 is 24.8 Å². The van der Waals surface area contributed by atoms with Crippen LogP contribution in [0, 0.1) is 0 Å². The minimum Gasteiger partial charge on any atom is -0.497 e. The highest BCUT2D eigenvalue weighted by molar-refractivity contribution is 5.95. The fourth-order valence-corrected chi connectivity index (χ4v) is 1.89. The molecule has 0 spiro atoms. The summed E-state index contributed by atoms with van der Waals surface area (Å²) in [6.07, 6.45) is -0.714. The van der Waals surface area contributed by atoms with E-state index in [1.54, 1.807) is 48.5 Å². The maximum absolute atomic E-state index is 12.0. The van der Waals surface area contributed by atoms with E-state index in [1.807, 2.05) is 0 Å². The molecule has 2 aromatic rings. The molecule has 2 amide bonds. The van der Waals surface area contributed by atoms with Crippen LogP contribution in [-0.4, -0.2) is 32.8 Å². The number of carbonyl (C=O) groups is 2. The summed E-state index contributed by atoms with van der Waals surface area (Å²) in [5, 5.41) is 5.01. The van der Waals surface area contributed by atoms with Gasteiger partial charge in [-0.05, 0) is 24.3 Å². The van der Waals surface area contributed by atoms with Crippen molar-refractivity contribution < 1.29 is 23.8 Å². The lowest BCUT2D eigenvalue weighted by atomic mass is 10.2. The Morgan fingerprint density at radius 3 is 2.38 bits per heavy atom. The van der Waals surface area contributed by atoms with Crippen molar-refractivity contribution >= 4 is 17.7 Å². The molecule has 0 unspecified atom stereocenters. The molecule has 7 heteroatoms. The van der Waals surface area contributed by atoms with E-state index in [0.29, 0.717) is 22.9 Å². The van der Waals surface area contributed by atoms with Crippen molar-refractivity contribution in [2.45, 2.75) is 0 Å². The van der Waals surface area contributed by atoms with E-state index in [9.17, 15) is 9.59 Å². The number of methoxy groups -OCH3 is 2. The molecule has 2 N–H and O–H groups in total. The minimum atomic E-state index is -0.714. The van der Waals surface area contributed by atoms with Crippen LogP contribution in [0.4, 0.5) is 10.5 Å². The summed E-state index contributed by atoms with van der Waals surface area (Å²) in [5.41, 5.74) is 0.445. The van der Waals surface area contributed by atoms with Crippen LogP contribution >= 0.6 is 0 Å². The molecule has 0 aromatic heterocycles. The van der Waals surface area contributed by atoms with Crippen molar-refractivity contribution in [1.82, 2.24) is 5.32 Å². The first-order valence-electron chi connectivity index (χ1n) is 7.15. The van der Waals surface area contributed by atoms with Crippen LogP contribution in [0.15, 0.2) is 48.5 Å². The van der Waals surface area contributed by atoms with Crippen molar-refractivity contribution in [2.75, 3.05) is 26.1 Å². The van der Waals surface area contributed by atoms with Gasteiger partial charge < -0.3 is 24.8 Å². The Kier molecular flexibility index (Phi) is 6.01. The predicted octanol–water partition coefficient (Wildman–Crippen LogP) is 2.43. The van der Waals surface area contributed by atoms with Gasteiger partial charge in [-0.3, -0.25) is 4.79 Å². The molecule has 0 heterocycles. The maximum Gasteiger partial charge on any atom is 0.413 e. The van der Waals surface area contributed by atoms with E-state index in [4.69, 9.17) is 14.2 Å². The van der Waals surface area contributed by atoms with Gasteiger partial charge in [0.1, 0.15) is 23.8 Å². The number of nitrogens with one attached hydrogen (secondary N) is 2. The van der Waals surface area contributed by atoms with Crippen molar-refractivity contribution in [3.05, 3.63) is 48.5 Å². The monoisotopic (exact) mass is 330 g/mol. The maximum atomic E-state index is 12.0. The number of para-hydroxylation sites is 1. The third-order valence-corrected chi connectivity index (χ3v) is 3.03. The Bertz CT molecular complexity index is 703. The highest BCUT2D eigenvalue weighted by Gasteiger charge is 2.11. The molecule has 0 atom stereocenters. The smallest absolute Gasteiger partial charge is 0.413 e. The lowest BCUT2D eigenvalue weighted by molar-refractivity contribution is -0.115. The molecule has 0 saturated heterocycles. The van der Waals surface area contributed by atoms with E-state index in [0.717, 1.165) is 0 Å². The molecule has 7 nitrogen and oxygen atoms in total. The molecule has 126 valence electrons. The average molecular weight is 330 g/mol. The summed E-state index contributed by atoms with van der Waals surface area (Å²) >= 11 is 0. The van der Waals surface area contributed by atoms with Gasteiger partial charge in [-0.15, -0.1) is 0 Å². The number of ether oxygens (including phenoxy) is 3. The van der Waals surface area contributed by atoms with E-state index < -0.39 is 12.0 Å². The zero-order chi connectivity index (χ0) is 17.4. The number of rotatable bonds is 6. The van der Waals surface area contributed by atoms with E-state index in [1.165, 1.54) is 14.2 Å². The van der Waals surface area contributed by atoms with Gasteiger partial charge in [-0.1, -0.05) is 18.2 Å². The summed E-state index contributed by atoms with van der Waals surface area (Å²) in [6, 6.07) is 13.6. The van der Waals surface area contributed by atoms with E-state index in [-0.39, 0.29) is 6.54 Å². The van der Waals surface area contributed by atoms with Gasteiger partial charge in [0.15, 0.2) is 0 Å². The quantitative estimate of drug-likeness (QED) is 0.849. The first kappa shape index (κ1) is 17.1. The summed E-state index contributed by atoms with van der Waals surface area (Å²) < 4.78 is 15.3. The zero-order valence-corrected chi connectivity index (χ0v) is 13.4. The molecular formula is C17H18N2O5. The Balaban J connectivity index is 1.88. The second-order valence-electron chi connectivity index (χ2n) is 4.67. The van der Waals surface area contributed by atoms with E-state index in [2.05, 4.69) is 10.6 Å². The van der Waals surface area contributed by atoms with Crippen molar-refractivity contribution in [3.63, 3.8) is 0 Å². The van der Waals surface area contributed by atoms with E-state index >= 15 is 0 Å². The van der Waals surface area contributed by atoms with Gasteiger partial charge in [0.2, 0.25) is 5.91 Å². The predicted molar refractivity (Wildman–Crippen MR) is 88.6 cm³/mol. The Hall–Kier alpha value is -3.22. The van der Waals surface area contributed by atoms with Gasteiger partial charge in [0, 0.05) is 6.07 Å². The molecule has 2 aromatic carbocycles. The summed E-state index contributed by atoms with van der Waals surface area (Å²) in [7, 11) is 3.02. The van der Waals surface area contributed by atoms with Crippen molar-refractivity contribution in [2.24, 2.45) is 0 Å². The lowest BCUT2D eigenvalue weighted by Gasteiger charge is -2.12. The largest absolute Gasteiger partial charge is 0.497 e. The molecule has 0 aliphatic carbocycles. The third-order valence-electron chi connectivity index (χ3n) is 3.03. The lowest BCUT2D eigenvalue weighted by Crippen LogP contribution is -2.34. The highest BCUT2D eigenvalue weighted by atomic mass is 16.6. The van der Waals surface area contributed by atoms with Crippen LogP contribution in [0.2, 0.25) is 0 Å². The van der Waals surface area contributed by atoms with Gasteiger partial charge in [0.05, 0.1) is 19.9 Å². The van der Waals surface area contributed by atoms with Crippen LogP contribution in [0.25, 0.3) is 0 Å². The fraction of sp³-hybridized carbons (Fsp3) is 0.176. The van der Waals surface area contributed by atoms with Gasteiger partial charge in [-0.2, -0.15) is 0 Å². The van der Waals surface area contributed by atoms with Crippen molar-refractivity contribution in [3.8, 4) is 17.2 Å². The van der Waals surface area contributed by atoms with Gasteiger partial charge in [-0.25, -0.2) is 4.79 Å². The van der Waals surface area contributed by atoms with Crippen LogP contribution in [0.3, 0.4) is 0 Å². The number of hydrogen-bond acceptors (Lipinski definition) is 5. The number of benzene rings is 2. The molecule has 0 radical (unpaired) electrons. The summed E-state index contributed by atoms with van der Waals surface area (Å²) in [6.45, 7) is -0.244. The molecule has 0 bridgehead atoms. The Morgan fingerprint density at radius 1 is 0.958 bits per heavy atom. The molecule has 0 aliphatic heterocycles. The van der Waals surface area contributed by atoms with Crippen LogP contribution in [0.5, 0.6) is 17.2 Å². The minimum absolute atomic E-state index is 0.244. The molecule has 2 rings (SSSR count). The van der Waals surface area contributed by atoms with Gasteiger partial charge in [0.25, 0.3) is 0 Å².